The molecule has 0 aliphatic rings. The van der Waals surface area contributed by atoms with Crippen LogP contribution in [0.1, 0.15) is 109 Å². The fraction of sp³-hybridized carbons (Fsp3) is 0.658. The first-order valence-corrected chi connectivity index (χ1v) is 17.3. The molecular formula is C38H60N2O6. The number of nitrogens with zero attached hydrogens (tertiary/aromatic N) is 1. The third-order valence-electron chi connectivity index (χ3n) is 9.02. The van der Waals surface area contributed by atoms with Crippen molar-refractivity contribution in [1.29, 1.82) is 5.26 Å². The molecule has 0 saturated carbocycles. The molecule has 2 N–H and O–H groups in total. The van der Waals surface area contributed by atoms with Crippen molar-refractivity contribution >= 4 is 0 Å². The van der Waals surface area contributed by atoms with Crippen molar-refractivity contribution in [2.75, 3.05) is 41.7 Å². The van der Waals surface area contributed by atoms with Crippen molar-refractivity contribution in [3.8, 4) is 40.6 Å². The highest BCUT2D eigenvalue weighted by Crippen LogP contribution is 2.54. The average Bonchev–Trinajstić information content (AvgIpc) is 3.07. The van der Waals surface area contributed by atoms with Gasteiger partial charge in [-0.15, -0.1) is 0 Å². The standard InChI is InChI=1S/C38H60N2O6/c1-9-13-15-22-45-34-26-31(35(46-23-16-14-10-2)37(44-8)36(34)43-7)38(27-39,29(11-3)12-4)21-17-18-30(40)24-28-19-20-32(41-5)33(25-28)42-6/h19-20,25-26,29-30H,9-18,21-24,40H2,1-8H3. The molecule has 46 heavy (non-hydrogen) atoms. The van der Waals surface area contributed by atoms with Gasteiger partial charge in [0.05, 0.1) is 53.1 Å². The molecule has 8 heteroatoms. The minimum absolute atomic E-state index is 0.0798. The molecule has 2 atom stereocenters. The summed E-state index contributed by atoms with van der Waals surface area (Å²) in [4.78, 5) is 0. The zero-order valence-corrected chi connectivity index (χ0v) is 29.8. The molecule has 0 bridgehead atoms. The molecule has 0 aromatic heterocycles. The molecule has 0 aliphatic heterocycles. The zero-order chi connectivity index (χ0) is 34.0. The van der Waals surface area contributed by atoms with E-state index in [-0.39, 0.29) is 12.0 Å². The SMILES string of the molecule is CCCCCOc1cc(C(C#N)(CCCC(N)Cc2ccc(OC)c(OC)c2)C(CC)CC)c(OCCCCC)c(OC)c1OC. The molecule has 8 nitrogen and oxygen atoms in total. The molecule has 2 aromatic carbocycles. The summed E-state index contributed by atoms with van der Waals surface area (Å²) in [6.45, 7) is 9.74. The van der Waals surface area contributed by atoms with E-state index in [0.717, 1.165) is 75.3 Å². The average molecular weight is 641 g/mol. The van der Waals surface area contributed by atoms with Gasteiger partial charge in [-0.25, -0.2) is 0 Å². The van der Waals surface area contributed by atoms with Gasteiger partial charge in [-0.1, -0.05) is 72.3 Å². The Kier molecular flexibility index (Phi) is 17.5. The van der Waals surface area contributed by atoms with E-state index in [4.69, 9.17) is 34.2 Å². The summed E-state index contributed by atoms with van der Waals surface area (Å²) in [6.07, 6.45) is 10.7. The Labute approximate surface area is 278 Å². The Balaban J connectivity index is 2.54. The van der Waals surface area contributed by atoms with E-state index in [0.29, 0.717) is 60.6 Å². The molecule has 258 valence electrons. The third-order valence-corrected chi connectivity index (χ3v) is 9.02. The Morgan fingerprint density at radius 3 is 1.89 bits per heavy atom. The second kappa shape index (κ2) is 20.7. The number of benzene rings is 2. The molecule has 0 heterocycles. The number of ether oxygens (including phenoxy) is 6. The number of nitrogens with two attached hydrogens (primary N) is 1. The van der Waals surface area contributed by atoms with Gasteiger partial charge in [-0.2, -0.15) is 5.26 Å². The van der Waals surface area contributed by atoms with E-state index in [9.17, 15) is 5.26 Å². The van der Waals surface area contributed by atoms with Crippen LogP contribution in [-0.2, 0) is 11.8 Å². The van der Waals surface area contributed by atoms with Crippen LogP contribution in [-0.4, -0.2) is 47.7 Å². The Bertz CT molecular complexity index is 1210. The normalized spacial score (nSPS) is 13.1. The van der Waals surface area contributed by atoms with E-state index in [1.165, 1.54) is 0 Å². The fourth-order valence-corrected chi connectivity index (χ4v) is 6.43. The van der Waals surface area contributed by atoms with Crippen molar-refractivity contribution in [3.05, 3.63) is 35.4 Å². The monoisotopic (exact) mass is 640 g/mol. The highest BCUT2D eigenvalue weighted by molar-refractivity contribution is 5.66. The molecule has 0 amide bonds. The first kappa shape index (κ1) is 38.9. The molecule has 0 fully saturated rings. The van der Waals surface area contributed by atoms with Gasteiger partial charge >= 0.3 is 0 Å². The Morgan fingerprint density at radius 1 is 0.717 bits per heavy atom. The lowest BCUT2D eigenvalue weighted by Crippen LogP contribution is -2.35. The summed E-state index contributed by atoms with van der Waals surface area (Å²) < 4.78 is 35.6. The predicted molar refractivity (Wildman–Crippen MR) is 186 cm³/mol. The fourth-order valence-electron chi connectivity index (χ4n) is 6.43. The summed E-state index contributed by atoms with van der Waals surface area (Å²) in [5.74, 6) is 3.63. The third kappa shape index (κ3) is 10.1. The molecule has 0 radical (unpaired) electrons. The van der Waals surface area contributed by atoms with Crippen molar-refractivity contribution in [3.63, 3.8) is 0 Å². The molecular weight excluding hydrogens is 580 g/mol. The molecule has 2 rings (SSSR count). The lowest BCUT2D eigenvalue weighted by atomic mass is 9.65. The number of hydrogen-bond acceptors (Lipinski definition) is 8. The van der Waals surface area contributed by atoms with Crippen LogP contribution < -0.4 is 34.2 Å². The van der Waals surface area contributed by atoms with Gasteiger partial charge in [0.25, 0.3) is 0 Å². The van der Waals surface area contributed by atoms with Gasteiger partial charge in [-0.3, -0.25) is 0 Å². The van der Waals surface area contributed by atoms with E-state index in [2.05, 4.69) is 33.8 Å². The minimum Gasteiger partial charge on any atom is -0.493 e. The molecule has 2 unspecified atom stereocenters. The largest absolute Gasteiger partial charge is 0.493 e. The van der Waals surface area contributed by atoms with Gasteiger partial charge in [0.1, 0.15) is 0 Å². The van der Waals surface area contributed by atoms with Crippen molar-refractivity contribution in [1.82, 2.24) is 0 Å². The lowest BCUT2D eigenvalue weighted by molar-refractivity contribution is 0.237. The van der Waals surface area contributed by atoms with Crippen LogP contribution in [0.15, 0.2) is 24.3 Å². The summed E-state index contributed by atoms with van der Waals surface area (Å²) in [7, 11) is 6.51. The van der Waals surface area contributed by atoms with Crippen LogP contribution in [0.25, 0.3) is 0 Å². The summed E-state index contributed by atoms with van der Waals surface area (Å²) >= 11 is 0. The number of methoxy groups -OCH3 is 4. The minimum atomic E-state index is -0.840. The summed E-state index contributed by atoms with van der Waals surface area (Å²) in [5, 5.41) is 11.2. The number of hydrogen-bond donors (Lipinski definition) is 1. The van der Waals surface area contributed by atoms with E-state index < -0.39 is 5.41 Å². The van der Waals surface area contributed by atoms with E-state index in [1.54, 1.807) is 28.4 Å². The van der Waals surface area contributed by atoms with Crippen LogP contribution in [0.5, 0.6) is 34.5 Å². The van der Waals surface area contributed by atoms with E-state index in [1.807, 2.05) is 24.3 Å². The Hall–Kier alpha value is -3.31. The van der Waals surface area contributed by atoms with Gasteiger partial charge in [0.2, 0.25) is 11.5 Å². The zero-order valence-electron chi connectivity index (χ0n) is 29.8. The van der Waals surface area contributed by atoms with Crippen molar-refractivity contribution < 1.29 is 28.4 Å². The maximum atomic E-state index is 11.2. The number of rotatable bonds is 24. The van der Waals surface area contributed by atoms with Crippen molar-refractivity contribution in [2.24, 2.45) is 11.7 Å². The highest BCUT2D eigenvalue weighted by atomic mass is 16.5. The number of nitriles is 1. The summed E-state index contributed by atoms with van der Waals surface area (Å²) in [5.41, 5.74) is 7.76. The highest BCUT2D eigenvalue weighted by Gasteiger charge is 2.43. The predicted octanol–water partition coefficient (Wildman–Crippen LogP) is 8.80. The quantitative estimate of drug-likeness (QED) is 0.114. The van der Waals surface area contributed by atoms with Crippen molar-refractivity contribution in [2.45, 2.75) is 116 Å². The maximum absolute atomic E-state index is 11.2. The van der Waals surface area contributed by atoms with Crippen LogP contribution >= 0.6 is 0 Å². The van der Waals surface area contributed by atoms with Crippen LogP contribution in [0, 0.1) is 17.2 Å². The van der Waals surface area contributed by atoms with Crippen LogP contribution in [0.4, 0.5) is 0 Å². The van der Waals surface area contributed by atoms with Crippen LogP contribution in [0.3, 0.4) is 0 Å². The smallest absolute Gasteiger partial charge is 0.207 e. The maximum Gasteiger partial charge on any atom is 0.207 e. The Morgan fingerprint density at radius 2 is 1.35 bits per heavy atom. The topological polar surface area (TPSA) is 105 Å². The second-order valence-electron chi connectivity index (χ2n) is 12.1. The van der Waals surface area contributed by atoms with Gasteiger partial charge < -0.3 is 34.2 Å². The molecule has 0 spiro atoms. The second-order valence-corrected chi connectivity index (χ2v) is 12.1. The van der Waals surface area contributed by atoms with E-state index >= 15 is 0 Å². The number of unbranched alkanes of at least 4 members (excludes halogenated alkanes) is 4. The lowest BCUT2D eigenvalue weighted by Gasteiger charge is -2.37. The first-order chi connectivity index (χ1) is 22.3. The van der Waals surface area contributed by atoms with Gasteiger partial charge in [0.15, 0.2) is 23.0 Å². The van der Waals surface area contributed by atoms with Gasteiger partial charge in [-0.05, 0) is 68.2 Å². The molecule has 0 aliphatic carbocycles. The first-order valence-electron chi connectivity index (χ1n) is 17.3. The molecule has 2 aromatic rings. The van der Waals surface area contributed by atoms with Crippen LogP contribution in [0.2, 0.25) is 0 Å². The van der Waals surface area contributed by atoms with Gasteiger partial charge in [0, 0.05) is 11.6 Å². The summed E-state index contributed by atoms with van der Waals surface area (Å²) in [6, 6.07) is 10.7. The molecule has 0 saturated heterocycles.